The van der Waals surface area contributed by atoms with Crippen molar-refractivity contribution in [3.05, 3.63) is 36.2 Å². The first-order valence-corrected chi connectivity index (χ1v) is 7.65. The average molecular weight is 286 g/mol. The molecule has 1 aromatic carbocycles. The summed E-state index contributed by atoms with van der Waals surface area (Å²) in [5, 5.41) is 15.7. The zero-order valence-corrected chi connectivity index (χ0v) is 12.4. The molecule has 1 fully saturated rings. The molecule has 0 bridgehead atoms. The molecule has 2 heterocycles. The van der Waals surface area contributed by atoms with E-state index in [2.05, 4.69) is 32.7 Å². The lowest BCUT2D eigenvalue weighted by molar-refractivity contribution is 0.246. The van der Waals surface area contributed by atoms with E-state index in [-0.39, 0.29) is 0 Å². The Morgan fingerprint density at radius 3 is 2.90 bits per heavy atom. The highest BCUT2D eigenvalue weighted by Gasteiger charge is 2.19. The molecule has 1 N–H and O–H groups in total. The number of nitrogens with one attached hydrogen (secondary N) is 1. The van der Waals surface area contributed by atoms with Gasteiger partial charge in [0.2, 0.25) is 0 Å². The third-order valence-corrected chi connectivity index (χ3v) is 3.99. The molecule has 0 spiro atoms. The molecule has 1 saturated heterocycles. The van der Waals surface area contributed by atoms with Crippen LogP contribution in [0.2, 0.25) is 0 Å². The van der Waals surface area contributed by atoms with Gasteiger partial charge in [-0.2, -0.15) is 4.68 Å². The van der Waals surface area contributed by atoms with Crippen LogP contribution >= 0.6 is 0 Å². The first kappa shape index (κ1) is 14.2. The van der Waals surface area contributed by atoms with Crippen molar-refractivity contribution in [2.45, 2.75) is 32.4 Å². The fourth-order valence-corrected chi connectivity index (χ4v) is 2.80. The monoisotopic (exact) mass is 286 g/mol. The largest absolute Gasteiger partial charge is 0.313 e. The third-order valence-electron chi connectivity index (χ3n) is 3.99. The third kappa shape index (κ3) is 3.46. The number of para-hydroxylation sites is 1. The first-order chi connectivity index (χ1) is 10.4. The summed E-state index contributed by atoms with van der Waals surface area (Å²) < 4.78 is 1.82. The predicted molar refractivity (Wildman–Crippen MR) is 81.1 cm³/mol. The topological polar surface area (TPSA) is 58.9 Å². The van der Waals surface area contributed by atoms with Crippen LogP contribution in [0.25, 0.3) is 5.69 Å². The zero-order chi connectivity index (χ0) is 14.5. The molecule has 112 valence electrons. The van der Waals surface area contributed by atoms with Crippen LogP contribution in [0.5, 0.6) is 0 Å². The van der Waals surface area contributed by atoms with Crippen molar-refractivity contribution in [1.82, 2.24) is 30.4 Å². The van der Waals surface area contributed by atoms with E-state index in [1.807, 2.05) is 35.0 Å². The minimum absolute atomic E-state index is 0.603. The Morgan fingerprint density at radius 1 is 1.33 bits per heavy atom. The number of aromatic nitrogens is 4. The molecule has 21 heavy (non-hydrogen) atoms. The summed E-state index contributed by atoms with van der Waals surface area (Å²) in [6.07, 6.45) is 2.55. The van der Waals surface area contributed by atoms with E-state index in [9.17, 15) is 0 Å². The van der Waals surface area contributed by atoms with Crippen molar-refractivity contribution in [2.75, 3.05) is 19.6 Å². The van der Waals surface area contributed by atoms with Gasteiger partial charge in [-0.05, 0) is 48.5 Å². The van der Waals surface area contributed by atoms with E-state index in [4.69, 9.17) is 0 Å². The van der Waals surface area contributed by atoms with Crippen LogP contribution in [0.15, 0.2) is 30.3 Å². The van der Waals surface area contributed by atoms with E-state index in [1.165, 1.54) is 12.8 Å². The Morgan fingerprint density at radius 2 is 2.19 bits per heavy atom. The molecule has 0 aliphatic carbocycles. The van der Waals surface area contributed by atoms with Crippen molar-refractivity contribution < 1.29 is 0 Å². The number of hydrogen-bond acceptors (Lipinski definition) is 5. The second-order valence-electron chi connectivity index (χ2n) is 5.46. The van der Waals surface area contributed by atoms with E-state index in [0.717, 1.165) is 37.7 Å². The minimum atomic E-state index is 0.603. The predicted octanol–water partition coefficient (Wildman–Crippen LogP) is 1.24. The fourth-order valence-electron chi connectivity index (χ4n) is 2.80. The van der Waals surface area contributed by atoms with Gasteiger partial charge in [0.1, 0.15) is 0 Å². The van der Waals surface area contributed by atoms with Crippen LogP contribution in [0.1, 0.15) is 25.6 Å². The van der Waals surface area contributed by atoms with E-state index in [0.29, 0.717) is 6.04 Å². The highest BCUT2D eigenvalue weighted by Crippen LogP contribution is 2.11. The van der Waals surface area contributed by atoms with Crippen LogP contribution in [0.4, 0.5) is 0 Å². The van der Waals surface area contributed by atoms with Crippen LogP contribution in [0, 0.1) is 0 Å². The van der Waals surface area contributed by atoms with Crippen molar-refractivity contribution in [3.8, 4) is 5.69 Å². The van der Waals surface area contributed by atoms with Crippen molar-refractivity contribution >= 4 is 0 Å². The number of tetrazole rings is 1. The fraction of sp³-hybridized carbons (Fsp3) is 0.533. The van der Waals surface area contributed by atoms with Gasteiger partial charge in [-0.25, -0.2) is 0 Å². The van der Waals surface area contributed by atoms with Gasteiger partial charge in [0.25, 0.3) is 0 Å². The molecule has 1 aliphatic rings. The first-order valence-electron chi connectivity index (χ1n) is 7.65. The summed E-state index contributed by atoms with van der Waals surface area (Å²) in [7, 11) is 0. The highest BCUT2D eigenvalue weighted by atomic mass is 15.5. The molecule has 1 unspecified atom stereocenters. The van der Waals surface area contributed by atoms with Crippen LogP contribution in [-0.4, -0.2) is 50.8 Å². The SMILES string of the molecule is CCN(Cc1nnnn1-c1ccccc1)CC1CCCN1. The smallest absolute Gasteiger partial charge is 0.170 e. The minimum Gasteiger partial charge on any atom is -0.313 e. The second-order valence-corrected chi connectivity index (χ2v) is 5.46. The molecular formula is C15H22N6. The van der Waals surface area contributed by atoms with Crippen molar-refractivity contribution in [3.63, 3.8) is 0 Å². The number of benzene rings is 1. The number of rotatable bonds is 6. The van der Waals surface area contributed by atoms with Crippen LogP contribution < -0.4 is 5.32 Å². The molecule has 3 rings (SSSR count). The Hall–Kier alpha value is -1.79. The van der Waals surface area contributed by atoms with Gasteiger partial charge in [0.05, 0.1) is 12.2 Å². The Balaban J connectivity index is 1.70. The summed E-state index contributed by atoms with van der Waals surface area (Å²) in [4.78, 5) is 2.40. The second kappa shape index (κ2) is 6.78. The molecule has 0 saturated carbocycles. The lowest BCUT2D eigenvalue weighted by atomic mass is 10.2. The molecule has 0 radical (unpaired) electrons. The standard InChI is InChI=1S/C15H22N6/c1-2-20(11-13-7-6-10-16-13)12-15-17-18-19-21(15)14-8-4-3-5-9-14/h3-5,8-9,13,16H,2,6-7,10-12H2,1H3. The number of nitrogens with zero attached hydrogens (tertiary/aromatic N) is 5. The summed E-state index contributed by atoms with van der Waals surface area (Å²) in [6.45, 7) is 6.16. The van der Waals surface area contributed by atoms with Gasteiger partial charge in [0.15, 0.2) is 5.82 Å². The van der Waals surface area contributed by atoms with E-state index >= 15 is 0 Å². The van der Waals surface area contributed by atoms with Crippen molar-refractivity contribution in [2.24, 2.45) is 0 Å². The summed E-state index contributed by atoms with van der Waals surface area (Å²) >= 11 is 0. The number of hydrogen-bond donors (Lipinski definition) is 1. The molecule has 1 aliphatic heterocycles. The van der Waals surface area contributed by atoms with Gasteiger partial charge < -0.3 is 5.32 Å². The van der Waals surface area contributed by atoms with Crippen LogP contribution in [0.3, 0.4) is 0 Å². The maximum absolute atomic E-state index is 4.19. The lowest BCUT2D eigenvalue weighted by Crippen LogP contribution is -2.37. The highest BCUT2D eigenvalue weighted by molar-refractivity contribution is 5.30. The molecule has 6 heteroatoms. The molecular weight excluding hydrogens is 264 g/mol. The zero-order valence-electron chi connectivity index (χ0n) is 12.4. The van der Waals surface area contributed by atoms with Gasteiger partial charge >= 0.3 is 0 Å². The molecule has 0 amide bonds. The van der Waals surface area contributed by atoms with E-state index in [1.54, 1.807) is 0 Å². The van der Waals surface area contributed by atoms with E-state index < -0.39 is 0 Å². The summed E-state index contributed by atoms with van der Waals surface area (Å²) in [5.74, 6) is 0.890. The maximum atomic E-state index is 4.19. The molecule has 1 aromatic heterocycles. The quantitative estimate of drug-likeness (QED) is 0.865. The number of likely N-dealkylation sites (N-methyl/N-ethyl adjacent to an activating group) is 1. The molecule has 2 aromatic rings. The average Bonchev–Trinajstić information content (AvgIpc) is 3.19. The molecule has 1 atom stereocenters. The molecule has 6 nitrogen and oxygen atoms in total. The van der Waals surface area contributed by atoms with Crippen molar-refractivity contribution in [1.29, 1.82) is 0 Å². The van der Waals surface area contributed by atoms with Gasteiger partial charge in [-0.15, -0.1) is 5.10 Å². The normalized spacial score (nSPS) is 18.5. The maximum Gasteiger partial charge on any atom is 0.170 e. The van der Waals surface area contributed by atoms with Gasteiger partial charge in [0, 0.05) is 12.6 Å². The summed E-state index contributed by atoms with van der Waals surface area (Å²) in [5.41, 5.74) is 1.01. The summed E-state index contributed by atoms with van der Waals surface area (Å²) in [6, 6.07) is 10.6. The van der Waals surface area contributed by atoms with Gasteiger partial charge in [-0.1, -0.05) is 25.1 Å². The Kier molecular flexibility index (Phi) is 4.57. The Labute approximate surface area is 125 Å². The lowest BCUT2D eigenvalue weighted by Gasteiger charge is -2.23. The Bertz CT molecular complexity index is 546. The van der Waals surface area contributed by atoms with Crippen LogP contribution in [-0.2, 0) is 6.54 Å². The van der Waals surface area contributed by atoms with Gasteiger partial charge in [-0.3, -0.25) is 4.90 Å².